The average molecular weight is 394 g/mol. The molecule has 0 atom stereocenters. The van der Waals surface area contributed by atoms with Gasteiger partial charge in [0.2, 0.25) is 5.82 Å². The third-order valence-electron chi connectivity index (χ3n) is 3.34. The molecule has 0 unspecified atom stereocenters. The van der Waals surface area contributed by atoms with Gasteiger partial charge >= 0.3 is 18.1 Å². The zero-order valence-electron chi connectivity index (χ0n) is 14.2. The molecule has 2 rings (SSSR count). The van der Waals surface area contributed by atoms with Crippen LogP contribution in [-0.4, -0.2) is 34.2 Å². The standard InChI is InChI=1S/C15H15F5N4O3/c1-3-24(14(25)23-26-4-2)7-8-5-9(16)11(10(17)6-8)12-21-13(27-22-12)15(18,19)20/h5-6H,3-4,7H2,1-2H3,(H,23,25). The van der Waals surface area contributed by atoms with Crippen LogP contribution >= 0.6 is 0 Å². The van der Waals surface area contributed by atoms with Gasteiger partial charge in [-0.25, -0.2) is 19.1 Å². The van der Waals surface area contributed by atoms with Crippen LogP contribution in [0.4, 0.5) is 26.7 Å². The number of carbonyl (C=O) groups excluding carboxylic acids is 1. The monoisotopic (exact) mass is 394 g/mol. The van der Waals surface area contributed by atoms with E-state index in [0.717, 1.165) is 12.1 Å². The minimum atomic E-state index is -4.94. The number of aromatic nitrogens is 2. The number of hydrogen-bond donors (Lipinski definition) is 1. The normalized spacial score (nSPS) is 11.5. The fourth-order valence-corrected chi connectivity index (χ4v) is 2.12. The van der Waals surface area contributed by atoms with Crippen LogP contribution in [0.3, 0.4) is 0 Å². The van der Waals surface area contributed by atoms with Crippen LogP contribution in [0, 0.1) is 11.6 Å². The number of urea groups is 1. The summed E-state index contributed by atoms with van der Waals surface area (Å²) in [5.74, 6) is -4.97. The highest BCUT2D eigenvalue weighted by Crippen LogP contribution is 2.31. The van der Waals surface area contributed by atoms with Crippen LogP contribution in [-0.2, 0) is 17.6 Å². The van der Waals surface area contributed by atoms with Crippen LogP contribution in [0.15, 0.2) is 16.7 Å². The molecule has 2 aromatic rings. The molecular formula is C15H15F5N4O3. The minimum absolute atomic E-state index is 0.0711. The zero-order chi connectivity index (χ0) is 20.2. The lowest BCUT2D eigenvalue weighted by Crippen LogP contribution is -2.39. The number of halogens is 5. The Morgan fingerprint density at radius 2 is 1.89 bits per heavy atom. The maximum absolute atomic E-state index is 14.3. The number of nitrogens with zero attached hydrogens (tertiary/aromatic N) is 3. The second kappa shape index (κ2) is 8.29. The van der Waals surface area contributed by atoms with E-state index < -0.39 is 41.1 Å². The Labute approximate surface area is 150 Å². The Kier molecular flexibility index (Phi) is 6.31. The van der Waals surface area contributed by atoms with Crippen LogP contribution in [0.5, 0.6) is 0 Å². The van der Waals surface area contributed by atoms with Gasteiger partial charge in [0.05, 0.1) is 12.2 Å². The van der Waals surface area contributed by atoms with Crippen molar-refractivity contribution in [3.05, 3.63) is 35.2 Å². The molecule has 0 aliphatic heterocycles. The number of rotatable bonds is 6. The summed E-state index contributed by atoms with van der Waals surface area (Å²) in [6, 6.07) is 1.13. The van der Waals surface area contributed by atoms with E-state index in [9.17, 15) is 26.7 Å². The van der Waals surface area contributed by atoms with Gasteiger partial charge < -0.3 is 9.42 Å². The van der Waals surface area contributed by atoms with Crippen molar-refractivity contribution in [1.29, 1.82) is 0 Å². The van der Waals surface area contributed by atoms with Gasteiger partial charge in [-0.1, -0.05) is 5.16 Å². The quantitative estimate of drug-likeness (QED) is 0.599. The summed E-state index contributed by atoms with van der Waals surface area (Å²) in [7, 11) is 0. The van der Waals surface area contributed by atoms with Crippen molar-refractivity contribution in [1.82, 2.24) is 20.5 Å². The molecule has 148 valence electrons. The Hall–Kier alpha value is -2.76. The first kappa shape index (κ1) is 20.6. The van der Waals surface area contributed by atoms with Gasteiger partial charge in [0.25, 0.3) is 0 Å². The number of hydroxylamine groups is 1. The smallest absolute Gasteiger partial charge is 0.329 e. The van der Waals surface area contributed by atoms with E-state index in [4.69, 9.17) is 4.84 Å². The van der Waals surface area contributed by atoms with E-state index in [-0.39, 0.29) is 25.3 Å². The highest BCUT2D eigenvalue weighted by molar-refractivity contribution is 5.73. The lowest BCUT2D eigenvalue weighted by Gasteiger charge is -2.21. The fourth-order valence-electron chi connectivity index (χ4n) is 2.12. The van der Waals surface area contributed by atoms with Gasteiger partial charge in [-0.15, -0.1) is 0 Å². The first-order valence-corrected chi connectivity index (χ1v) is 7.73. The van der Waals surface area contributed by atoms with Gasteiger partial charge in [-0.05, 0) is 31.5 Å². The van der Waals surface area contributed by atoms with Crippen molar-refractivity contribution in [3.8, 4) is 11.4 Å². The molecule has 0 aliphatic rings. The number of alkyl halides is 3. The van der Waals surface area contributed by atoms with Gasteiger partial charge in [-0.3, -0.25) is 4.84 Å². The summed E-state index contributed by atoms with van der Waals surface area (Å²) in [5, 5.41) is 2.97. The molecule has 0 saturated carbocycles. The predicted molar refractivity (Wildman–Crippen MR) is 80.9 cm³/mol. The van der Waals surface area contributed by atoms with E-state index in [1.807, 2.05) is 0 Å². The molecule has 7 nitrogen and oxygen atoms in total. The van der Waals surface area contributed by atoms with E-state index in [1.54, 1.807) is 13.8 Å². The molecule has 1 aromatic heterocycles. The molecule has 0 spiro atoms. The summed E-state index contributed by atoms with van der Waals surface area (Å²) >= 11 is 0. The first-order chi connectivity index (χ1) is 12.7. The van der Waals surface area contributed by atoms with Crippen molar-refractivity contribution >= 4 is 6.03 Å². The van der Waals surface area contributed by atoms with Crippen LogP contribution in [0.25, 0.3) is 11.4 Å². The molecule has 0 bridgehead atoms. The second-order valence-corrected chi connectivity index (χ2v) is 5.21. The topological polar surface area (TPSA) is 80.5 Å². The Morgan fingerprint density at radius 1 is 1.26 bits per heavy atom. The van der Waals surface area contributed by atoms with Gasteiger partial charge in [0.1, 0.15) is 11.6 Å². The maximum atomic E-state index is 14.3. The summed E-state index contributed by atoms with van der Waals surface area (Å²) in [5.41, 5.74) is 1.36. The van der Waals surface area contributed by atoms with Crippen LogP contribution < -0.4 is 5.48 Å². The highest BCUT2D eigenvalue weighted by atomic mass is 19.4. The van der Waals surface area contributed by atoms with Crippen molar-refractivity contribution < 1.29 is 36.1 Å². The molecular weight excluding hydrogens is 379 g/mol. The van der Waals surface area contributed by atoms with E-state index in [2.05, 4.69) is 20.1 Å². The molecule has 0 aliphatic carbocycles. The molecule has 12 heteroatoms. The van der Waals surface area contributed by atoms with E-state index in [1.165, 1.54) is 4.90 Å². The van der Waals surface area contributed by atoms with E-state index in [0.29, 0.717) is 0 Å². The molecule has 2 amide bonds. The Morgan fingerprint density at radius 3 is 2.37 bits per heavy atom. The third-order valence-corrected chi connectivity index (χ3v) is 3.34. The third kappa shape index (κ3) is 4.90. The van der Waals surface area contributed by atoms with Gasteiger partial charge in [-0.2, -0.15) is 18.2 Å². The van der Waals surface area contributed by atoms with Crippen molar-refractivity contribution in [2.75, 3.05) is 13.2 Å². The predicted octanol–water partition coefficient (Wildman–Crippen LogP) is 3.52. The average Bonchev–Trinajstić information content (AvgIpc) is 3.06. The molecule has 1 N–H and O–H groups in total. The molecule has 1 heterocycles. The summed E-state index contributed by atoms with van der Waals surface area (Å²) in [6.45, 7) is 3.58. The van der Waals surface area contributed by atoms with Gasteiger partial charge in [0.15, 0.2) is 0 Å². The minimum Gasteiger partial charge on any atom is -0.329 e. The fraction of sp³-hybridized carbons (Fsp3) is 0.400. The van der Waals surface area contributed by atoms with Crippen LogP contribution in [0.1, 0.15) is 25.3 Å². The number of carbonyl (C=O) groups is 1. The first-order valence-electron chi connectivity index (χ1n) is 7.73. The lowest BCUT2D eigenvalue weighted by molar-refractivity contribution is -0.159. The number of hydrogen-bond acceptors (Lipinski definition) is 5. The number of benzene rings is 1. The van der Waals surface area contributed by atoms with Crippen LogP contribution in [0.2, 0.25) is 0 Å². The maximum Gasteiger partial charge on any atom is 0.471 e. The lowest BCUT2D eigenvalue weighted by atomic mass is 10.1. The largest absolute Gasteiger partial charge is 0.471 e. The summed E-state index contributed by atoms with van der Waals surface area (Å²) in [6.07, 6.45) is -4.94. The number of nitrogens with one attached hydrogen (secondary N) is 1. The van der Waals surface area contributed by atoms with Gasteiger partial charge in [0, 0.05) is 13.1 Å². The Bertz CT molecular complexity index is 786. The number of amides is 2. The summed E-state index contributed by atoms with van der Waals surface area (Å²) < 4.78 is 70.0. The zero-order valence-corrected chi connectivity index (χ0v) is 14.2. The second-order valence-electron chi connectivity index (χ2n) is 5.21. The molecule has 0 saturated heterocycles. The van der Waals surface area contributed by atoms with Crippen molar-refractivity contribution in [2.45, 2.75) is 26.6 Å². The Balaban J connectivity index is 2.26. The molecule has 0 radical (unpaired) electrons. The summed E-state index contributed by atoms with van der Waals surface area (Å²) in [4.78, 5) is 20.8. The van der Waals surface area contributed by atoms with E-state index >= 15 is 0 Å². The SMILES string of the molecule is CCONC(=O)N(CC)Cc1cc(F)c(-c2noc(C(F)(F)F)n2)c(F)c1. The highest BCUT2D eigenvalue weighted by Gasteiger charge is 2.39. The molecule has 1 aromatic carbocycles. The molecule has 27 heavy (non-hydrogen) atoms. The van der Waals surface area contributed by atoms with Crippen molar-refractivity contribution in [3.63, 3.8) is 0 Å². The van der Waals surface area contributed by atoms with Crippen molar-refractivity contribution in [2.24, 2.45) is 0 Å². The molecule has 0 fully saturated rings.